The molecule has 0 spiro atoms. The minimum atomic E-state index is 0.113. The van der Waals surface area contributed by atoms with Crippen molar-refractivity contribution < 1.29 is 4.79 Å². The van der Waals surface area contributed by atoms with E-state index in [1.807, 2.05) is 19.9 Å². The summed E-state index contributed by atoms with van der Waals surface area (Å²) in [5, 5.41) is 0. The maximum Gasteiger partial charge on any atom is 0.157 e. The van der Waals surface area contributed by atoms with Crippen LogP contribution in [0, 0.1) is 11.8 Å². The summed E-state index contributed by atoms with van der Waals surface area (Å²) in [6.07, 6.45) is 3.65. The van der Waals surface area contributed by atoms with Crippen LogP contribution in [0.15, 0.2) is 12.2 Å². The van der Waals surface area contributed by atoms with E-state index in [1.54, 1.807) is 6.08 Å². The van der Waals surface area contributed by atoms with Crippen LogP contribution in [0.25, 0.3) is 0 Å². The standard InChI is InChI=1S/C12H23NO/c1-10(2)9-13(5)8-6-7-12(14)11(3)4/h6-7,10-11H,8-9H2,1-5H3/b7-6+. The van der Waals surface area contributed by atoms with Crippen LogP contribution in [-0.4, -0.2) is 30.8 Å². The summed E-state index contributed by atoms with van der Waals surface area (Å²) in [7, 11) is 2.07. The molecule has 0 saturated heterocycles. The molecule has 0 bridgehead atoms. The quantitative estimate of drug-likeness (QED) is 0.609. The Balaban J connectivity index is 3.76. The molecule has 0 aliphatic carbocycles. The van der Waals surface area contributed by atoms with Crippen LogP contribution in [-0.2, 0) is 4.79 Å². The average molecular weight is 197 g/mol. The highest BCUT2D eigenvalue weighted by Gasteiger charge is 2.02. The Kier molecular flexibility index (Phi) is 6.46. The van der Waals surface area contributed by atoms with Gasteiger partial charge in [-0.15, -0.1) is 0 Å². The van der Waals surface area contributed by atoms with Gasteiger partial charge in [0.15, 0.2) is 5.78 Å². The van der Waals surface area contributed by atoms with Gasteiger partial charge in [0.1, 0.15) is 0 Å². The fourth-order valence-electron chi connectivity index (χ4n) is 1.24. The van der Waals surface area contributed by atoms with E-state index in [2.05, 4.69) is 25.8 Å². The van der Waals surface area contributed by atoms with Crippen molar-refractivity contribution in [1.29, 1.82) is 0 Å². The van der Waals surface area contributed by atoms with Gasteiger partial charge in [0, 0.05) is 19.0 Å². The number of allylic oxidation sites excluding steroid dienone is 1. The molecule has 0 saturated carbocycles. The first kappa shape index (κ1) is 13.4. The fourth-order valence-corrected chi connectivity index (χ4v) is 1.24. The highest BCUT2D eigenvalue weighted by molar-refractivity contribution is 5.91. The summed E-state index contributed by atoms with van der Waals surface area (Å²) in [5.41, 5.74) is 0. The van der Waals surface area contributed by atoms with Crippen LogP contribution < -0.4 is 0 Å². The third-order valence-corrected chi connectivity index (χ3v) is 1.95. The van der Waals surface area contributed by atoms with Gasteiger partial charge < -0.3 is 4.90 Å². The van der Waals surface area contributed by atoms with Crippen LogP contribution in [0.1, 0.15) is 27.7 Å². The molecule has 0 amide bonds. The molecular formula is C12H23NO. The van der Waals surface area contributed by atoms with E-state index in [-0.39, 0.29) is 11.7 Å². The lowest BCUT2D eigenvalue weighted by Gasteiger charge is -2.16. The molecular weight excluding hydrogens is 174 g/mol. The minimum absolute atomic E-state index is 0.113. The Morgan fingerprint density at radius 2 is 1.86 bits per heavy atom. The molecule has 0 aromatic carbocycles. The molecule has 82 valence electrons. The Morgan fingerprint density at radius 3 is 2.29 bits per heavy atom. The molecule has 0 aliphatic rings. The zero-order valence-electron chi connectivity index (χ0n) is 10.1. The Bertz CT molecular complexity index is 194. The molecule has 0 unspecified atom stereocenters. The van der Waals surface area contributed by atoms with Crippen LogP contribution in [0.3, 0.4) is 0 Å². The highest BCUT2D eigenvalue weighted by Crippen LogP contribution is 1.97. The molecule has 0 heterocycles. The van der Waals surface area contributed by atoms with E-state index < -0.39 is 0 Å². The van der Waals surface area contributed by atoms with Gasteiger partial charge in [-0.25, -0.2) is 0 Å². The third-order valence-electron chi connectivity index (χ3n) is 1.95. The molecule has 0 aromatic rings. The van der Waals surface area contributed by atoms with Gasteiger partial charge in [0.2, 0.25) is 0 Å². The molecule has 0 aliphatic heterocycles. The van der Waals surface area contributed by atoms with E-state index in [9.17, 15) is 4.79 Å². The second-order valence-corrected chi connectivity index (χ2v) is 4.57. The van der Waals surface area contributed by atoms with Gasteiger partial charge >= 0.3 is 0 Å². The third kappa shape index (κ3) is 6.84. The van der Waals surface area contributed by atoms with E-state index in [4.69, 9.17) is 0 Å². The summed E-state index contributed by atoms with van der Waals surface area (Å²) < 4.78 is 0. The minimum Gasteiger partial charge on any atom is -0.302 e. The first-order valence-electron chi connectivity index (χ1n) is 5.32. The lowest BCUT2D eigenvalue weighted by atomic mass is 10.1. The van der Waals surface area contributed by atoms with E-state index >= 15 is 0 Å². The molecule has 2 nitrogen and oxygen atoms in total. The highest BCUT2D eigenvalue weighted by atomic mass is 16.1. The SMILES string of the molecule is CC(C)CN(C)C/C=C/C(=O)C(C)C. The van der Waals surface area contributed by atoms with E-state index in [1.165, 1.54) is 0 Å². The molecule has 0 N–H and O–H groups in total. The topological polar surface area (TPSA) is 20.3 Å². The number of rotatable bonds is 6. The molecule has 0 fully saturated rings. The number of ketones is 1. The summed E-state index contributed by atoms with van der Waals surface area (Å²) in [6.45, 7) is 10.2. The van der Waals surface area contributed by atoms with Crippen molar-refractivity contribution in [3.8, 4) is 0 Å². The second kappa shape index (κ2) is 6.77. The van der Waals surface area contributed by atoms with Crippen LogP contribution in [0.4, 0.5) is 0 Å². The zero-order valence-corrected chi connectivity index (χ0v) is 10.1. The van der Waals surface area contributed by atoms with Gasteiger partial charge in [0.25, 0.3) is 0 Å². The predicted molar refractivity (Wildman–Crippen MR) is 61.3 cm³/mol. The van der Waals surface area contributed by atoms with Gasteiger partial charge in [-0.1, -0.05) is 33.8 Å². The molecule has 14 heavy (non-hydrogen) atoms. The monoisotopic (exact) mass is 197 g/mol. The largest absolute Gasteiger partial charge is 0.302 e. The average Bonchev–Trinajstić information content (AvgIpc) is 2.02. The van der Waals surface area contributed by atoms with Crippen molar-refractivity contribution in [3.05, 3.63) is 12.2 Å². The summed E-state index contributed by atoms with van der Waals surface area (Å²) in [4.78, 5) is 13.5. The Morgan fingerprint density at radius 1 is 1.29 bits per heavy atom. The number of carbonyl (C=O) groups is 1. The Hall–Kier alpha value is -0.630. The van der Waals surface area contributed by atoms with Crippen LogP contribution in [0.5, 0.6) is 0 Å². The Labute approximate surface area is 88.0 Å². The van der Waals surface area contributed by atoms with Crippen LogP contribution >= 0.6 is 0 Å². The van der Waals surface area contributed by atoms with Gasteiger partial charge in [-0.3, -0.25) is 4.79 Å². The summed E-state index contributed by atoms with van der Waals surface area (Å²) >= 11 is 0. The summed E-state index contributed by atoms with van der Waals surface area (Å²) in [6, 6.07) is 0. The zero-order chi connectivity index (χ0) is 11.1. The fraction of sp³-hybridized carbons (Fsp3) is 0.750. The normalized spacial score (nSPS) is 12.3. The maximum absolute atomic E-state index is 11.2. The van der Waals surface area contributed by atoms with Crippen molar-refractivity contribution in [2.45, 2.75) is 27.7 Å². The van der Waals surface area contributed by atoms with Crippen molar-refractivity contribution in [1.82, 2.24) is 4.90 Å². The van der Waals surface area contributed by atoms with E-state index in [0.29, 0.717) is 5.92 Å². The lowest BCUT2D eigenvalue weighted by Crippen LogP contribution is -2.23. The predicted octanol–water partition coefficient (Wildman–Crippen LogP) is 2.36. The second-order valence-electron chi connectivity index (χ2n) is 4.57. The number of carbonyl (C=O) groups excluding carboxylic acids is 1. The van der Waals surface area contributed by atoms with Crippen molar-refractivity contribution >= 4 is 5.78 Å². The van der Waals surface area contributed by atoms with Crippen molar-refractivity contribution in [3.63, 3.8) is 0 Å². The number of hydrogen-bond acceptors (Lipinski definition) is 2. The first-order chi connectivity index (χ1) is 6.43. The molecule has 2 heteroatoms. The molecule has 0 aromatic heterocycles. The number of hydrogen-bond donors (Lipinski definition) is 0. The lowest BCUT2D eigenvalue weighted by molar-refractivity contribution is -0.117. The molecule has 0 atom stereocenters. The molecule has 0 rings (SSSR count). The van der Waals surface area contributed by atoms with Crippen molar-refractivity contribution in [2.75, 3.05) is 20.1 Å². The van der Waals surface area contributed by atoms with Gasteiger partial charge in [-0.05, 0) is 19.0 Å². The molecule has 0 radical (unpaired) electrons. The van der Waals surface area contributed by atoms with Crippen LogP contribution in [0.2, 0.25) is 0 Å². The summed E-state index contributed by atoms with van der Waals surface area (Å²) in [5.74, 6) is 0.999. The van der Waals surface area contributed by atoms with Gasteiger partial charge in [0.05, 0.1) is 0 Å². The maximum atomic E-state index is 11.2. The smallest absolute Gasteiger partial charge is 0.157 e. The van der Waals surface area contributed by atoms with Gasteiger partial charge in [-0.2, -0.15) is 0 Å². The number of likely N-dealkylation sites (N-methyl/N-ethyl adjacent to an activating group) is 1. The number of nitrogens with zero attached hydrogens (tertiary/aromatic N) is 1. The van der Waals surface area contributed by atoms with E-state index in [0.717, 1.165) is 13.1 Å². The first-order valence-corrected chi connectivity index (χ1v) is 5.32. The van der Waals surface area contributed by atoms with Crippen molar-refractivity contribution in [2.24, 2.45) is 11.8 Å².